The number of amides is 1. The highest BCUT2D eigenvalue weighted by molar-refractivity contribution is 6.06. The molecule has 36 heavy (non-hydrogen) atoms. The van der Waals surface area contributed by atoms with Gasteiger partial charge in [0, 0.05) is 36.8 Å². The van der Waals surface area contributed by atoms with Crippen LogP contribution in [-0.2, 0) is 20.8 Å². The van der Waals surface area contributed by atoms with Gasteiger partial charge in [-0.3, -0.25) is 4.79 Å². The lowest BCUT2D eigenvalue weighted by atomic mass is 10.1. The first-order valence-electron chi connectivity index (χ1n) is 11.6. The number of alkyl halides is 3. The zero-order valence-electron chi connectivity index (χ0n) is 20.9. The number of carbonyl (C=O) groups excluding carboxylic acids is 3. The number of pyridine rings is 1. The quantitative estimate of drug-likeness (QED) is 0.565. The predicted octanol–water partition coefficient (Wildman–Crippen LogP) is 4.45. The molecule has 0 aliphatic heterocycles. The number of ether oxygens (including phenoxy) is 2. The molecule has 200 valence electrons. The Bertz CT molecular complexity index is 1070. The average Bonchev–Trinajstić information content (AvgIpc) is 3.43. The van der Waals surface area contributed by atoms with Crippen molar-refractivity contribution in [2.75, 3.05) is 7.11 Å². The summed E-state index contributed by atoms with van der Waals surface area (Å²) in [6.07, 6.45) is 0.514. The number of fused-ring (bicyclic) bond motifs is 1. The maximum absolute atomic E-state index is 12.3. The second-order valence-electron chi connectivity index (χ2n) is 9.42. The van der Waals surface area contributed by atoms with E-state index >= 15 is 0 Å². The topological polar surface area (TPSA) is 126 Å². The van der Waals surface area contributed by atoms with Crippen LogP contribution in [0.15, 0.2) is 18.5 Å². The third-order valence-corrected chi connectivity index (χ3v) is 5.34. The molecule has 1 amide bonds. The molecule has 3 N–H and O–H groups in total. The molecular formula is C24H33F3N4O5. The number of hydrogen-bond acceptors (Lipinski definition) is 7. The van der Waals surface area contributed by atoms with E-state index in [-0.39, 0.29) is 18.2 Å². The van der Waals surface area contributed by atoms with Crippen LogP contribution in [0.3, 0.4) is 0 Å². The molecule has 0 spiro atoms. The highest BCUT2D eigenvalue weighted by Gasteiger charge is 2.29. The van der Waals surface area contributed by atoms with Crippen LogP contribution in [0, 0.1) is 0 Å². The molecule has 3 rings (SSSR count). The third kappa shape index (κ3) is 8.51. The minimum atomic E-state index is -4.23. The smallest absolute Gasteiger partial charge is 0.420 e. The normalized spacial score (nSPS) is 14.2. The first kappa shape index (κ1) is 29.1. The van der Waals surface area contributed by atoms with Crippen molar-refractivity contribution in [3.63, 3.8) is 0 Å². The molecule has 2 heterocycles. The van der Waals surface area contributed by atoms with Gasteiger partial charge in [-0.25, -0.2) is 19.1 Å². The Morgan fingerprint density at radius 2 is 1.83 bits per heavy atom. The van der Waals surface area contributed by atoms with Crippen molar-refractivity contribution in [1.82, 2.24) is 14.9 Å². The minimum absolute atomic E-state index is 0.107. The Balaban J connectivity index is 0.000000281. The highest BCUT2D eigenvalue weighted by Crippen LogP contribution is 2.25. The van der Waals surface area contributed by atoms with Gasteiger partial charge in [-0.15, -0.1) is 0 Å². The number of methoxy groups -OCH3 is 1. The van der Waals surface area contributed by atoms with E-state index in [1.54, 1.807) is 26.8 Å². The van der Waals surface area contributed by atoms with Gasteiger partial charge in [0.1, 0.15) is 5.60 Å². The van der Waals surface area contributed by atoms with Crippen LogP contribution >= 0.6 is 0 Å². The molecule has 2 aromatic rings. The van der Waals surface area contributed by atoms with Crippen LogP contribution in [0.1, 0.15) is 75.2 Å². The van der Waals surface area contributed by atoms with Gasteiger partial charge in [-0.1, -0.05) is 12.8 Å². The van der Waals surface area contributed by atoms with Crippen LogP contribution in [0.2, 0.25) is 0 Å². The van der Waals surface area contributed by atoms with Gasteiger partial charge < -0.3 is 20.5 Å². The van der Waals surface area contributed by atoms with Gasteiger partial charge in [-0.2, -0.15) is 13.2 Å². The Morgan fingerprint density at radius 1 is 1.19 bits per heavy atom. The zero-order chi connectivity index (χ0) is 27.1. The summed E-state index contributed by atoms with van der Waals surface area (Å²) in [4.78, 5) is 39.5. The molecule has 0 bridgehead atoms. The number of hydrogen-bond donors (Lipinski definition) is 2. The molecule has 0 unspecified atom stereocenters. The molecule has 0 radical (unpaired) electrons. The van der Waals surface area contributed by atoms with Crippen molar-refractivity contribution in [3.05, 3.63) is 29.6 Å². The number of nitrogens with one attached hydrogen (secondary N) is 1. The number of rotatable bonds is 5. The lowest BCUT2D eigenvalue weighted by Crippen LogP contribution is -2.33. The zero-order valence-corrected chi connectivity index (χ0v) is 20.9. The standard InChI is InChI=1S/C15H19N3O4.C9H14F3NO/c1-15(2,3)22-14(20)18-8-10(13(19)21-4)11-9(7-16)5-6-17-12(11)18;10-9(11,12)6-5-8(14)13-7-3-1-2-4-7/h5-6,8H,7,16H2,1-4H3;7H,1-6H2,(H,13,14). The summed E-state index contributed by atoms with van der Waals surface area (Å²) in [7, 11) is 1.28. The van der Waals surface area contributed by atoms with E-state index in [2.05, 4.69) is 10.3 Å². The summed E-state index contributed by atoms with van der Waals surface area (Å²) in [6.45, 7) is 5.49. The molecule has 2 aromatic heterocycles. The predicted molar refractivity (Wildman–Crippen MR) is 126 cm³/mol. The van der Waals surface area contributed by atoms with Crippen LogP contribution in [0.5, 0.6) is 0 Å². The number of esters is 1. The van der Waals surface area contributed by atoms with E-state index in [0.29, 0.717) is 16.6 Å². The summed E-state index contributed by atoms with van der Waals surface area (Å²) < 4.78 is 46.5. The fourth-order valence-electron chi connectivity index (χ4n) is 3.73. The molecule has 1 aliphatic carbocycles. The molecule has 0 saturated heterocycles. The largest absolute Gasteiger partial charge is 0.465 e. The van der Waals surface area contributed by atoms with E-state index < -0.39 is 42.6 Å². The molecule has 12 heteroatoms. The lowest BCUT2D eigenvalue weighted by molar-refractivity contribution is -0.144. The summed E-state index contributed by atoms with van der Waals surface area (Å²) in [5.74, 6) is -1.04. The van der Waals surface area contributed by atoms with Gasteiger partial charge in [-0.05, 0) is 45.2 Å². The Hall–Kier alpha value is -3.15. The fourth-order valence-corrected chi connectivity index (χ4v) is 3.73. The molecule has 1 aliphatic rings. The van der Waals surface area contributed by atoms with Crippen molar-refractivity contribution in [2.45, 2.75) is 83.7 Å². The van der Waals surface area contributed by atoms with Crippen molar-refractivity contribution < 1.29 is 37.0 Å². The SMILES string of the molecule is COC(=O)c1cn(C(=O)OC(C)(C)C)c2nccc(CN)c12.O=C(CCC(F)(F)F)NC1CCCC1. The maximum atomic E-state index is 12.3. The number of nitrogens with zero attached hydrogens (tertiary/aromatic N) is 2. The van der Waals surface area contributed by atoms with Gasteiger partial charge >= 0.3 is 18.2 Å². The summed E-state index contributed by atoms with van der Waals surface area (Å²) >= 11 is 0. The molecule has 1 saturated carbocycles. The first-order chi connectivity index (χ1) is 16.8. The van der Waals surface area contributed by atoms with Crippen LogP contribution < -0.4 is 11.1 Å². The molecule has 1 fully saturated rings. The summed E-state index contributed by atoms with van der Waals surface area (Å²) in [5.41, 5.74) is 6.30. The van der Waals surface area contributed by atoms with E-state index in [1.165, 1.54) is 24.1 Å². The Morgan fingerprint density at radius 3 is 2.36 bits per heavy atom. The van der Waals surface area contributed by atoms with Gasteiger partial charge in [0.2, 0.25) is 5.91 Å². The number of carbonyl (C=O) groups is 3. The number of nitrogens with two attached hydrogens (primary N) is 1. The van der Waals surface area contributed by atoms with Gasteiger partial charge in [0.05, 0.1) is 19.1 Å². The van der Waals surface area contributed by atoms with Crippen molar-refractivity contribution in [1.29, 1.82) is 0 Å². The molecule has 0 atom stereocenters. The van der Waals surface area contributed by atoms with E-state index in [1.807, 2.05) is 0 Å². The Kier molecular flexibility index (Phi) is 9.85. The van der Waals surface area contributed by atoms with E-state index in [0.717, 1.165) is 25.7 Å². The molecule has 0 aromatic carbocycles. The van der Waals surface area contributed by atoms with Crippen LogP contribution in [0.4, 0.5) is 18.0 Å². The minimum Gasteiger partial charge on any atom is -0.465 e. The van der Waals surface area contributed by atoms with E-state index in [4.69, 9.17) is 15.2 Å². The molecular weight excluding hydrogens is 481 g/mol. The number of aromatic nitrogens is 2. The fraction of sp³-hybridized carbons (Fsp3) is 0.583. The second-order valence-corrected chi connectivity index (χ2v) is 9.42. The van der Waals surface area contributed by atoms with Gasteiger partial charge in [0.25, 0.3) is 0 Å². The van der Waals surface area contributed by atoms with Crippen LogP contribution in [-0.4, -0.2) is 52.4 Å². The van der Waals surface area contributed by atoms with Crippen molar-refractivity contribution >= 4 is 29.0 Å². The monoisotopic (exact) mass is 514 g/mol. The van der Waals surface area contributed by atoms with E-state index in [9.17, 15) is 27.6 Å². The summed E-state index contributed by atoms with van der Waals surface area (Å²) in [6, 6.07) is 1.81. The maximum Gasteiger partial charge on any atom is 0.420 e. The van der Waals surface area contributed by atoms with Crippen molar-refractivity contribution in [2.24, 2.45) is 5.73 Å². The second kappa shape index (κ2) is 12.2. The average molecular weight is 515 g/mol. The third-order valence-electron chi connectivity index (χ3n) is 5.34. The first-order valence-corrected chi connectivity index (χ1v) is 11.6. The molecule has 9 nitrogen and oxygen atoms in total. The highest BCUT2D eigenvalue weighted by atomic mass is 19.4. The van der Waals surface area contributed by atoms with Crippen LogP contribution in [0.25, 0.3) is 11.0 Å². The number of halogens is 3. The lowest BCUT2D eigenvalue weighted by Gasteiger charge is -2.19. The Labute approximate surface area is 207 Å². The van der Waals surface area contributed by atoms with Gasteiger partial charge in [0.15, 0.2) is 5.65 Å². The van der Waals surface area contributed by atoms with Crippen molar-refractivity contribution in [3.8, 4) is 0 Å². The summed E-state index contributed by atoms with van der Waals surface area (Å²) in [5, 5.41) is 3.12.